The summed E-state index contributed by atoms with van der Waals surface area (Å²) in [5.41, 5.74) is 6.21. The van der Waals surface area contributed by atoms with Gasteiger partial charge in [-0.3, -0.25) is 14.6 Å². The molecule has 0 saturated carbocycles. The number of aromatic nitrogens is 1. The van der Waals surface area contributed by atoms with Gasteiger partial charge >= 0.3 is 0 Å². The van der Waals surface area contributed by atoms with Gasteiger partial charge in [0.1, 0.15) is 11.5 Å². The number of hydrogen-bond acceptors (Lipinski definition) is 4. The molecule has 6 nitrogen and oxygen atoms in total. The van der Waals surface area contributed by atoms with Gasteiger partial charge in [0, 0.05) is 43.9 Å². The second kappa shape index (κ2) is 9.71. The van der Waals surface area contributed by atoms with Gasteiger partial charge in [0.25, 0.3) is 5.91 Å². The van der Waals surface area contributed by atoms with E-state index < -0.39 is 23.5 Å². The monoisotopic (exact) mass is 420 g/mol. The molecule has 0 bridgehead atoms. The average Bonchev–Trinajstić information content (AvgIpc) is 2.73. The van der Waals surface area contributed by atoms with E-state index in [4.69, 9.17) is 5.73 Å². The van der Waals surface area contributed by atoms with Crippen LogP contribution < -0.4 is 11.1 Å². The second-order valence-corrected chi connectivity index (χ2v) is 7.37. The number of carbonyl (C=O) groups is 2. The van der Waals surface area contributed by atoms with E-state index in [2.05, 4.69) is 10.3 Å². The lowest BCUT2D eigenvalue weighted by molar-refractivity contribution is -0.132. The Labute approximate surface area is 172 Å². The van der Waals surface area contributed by atoms with Crippen molar-refractivity contribution in [2.75, 3.05) is 13.1 Å². The minimum absolute atomic E-state index is 0.0383. The zero-order chi connectivity index (χ0) is 21.7. The lowest BCUT2D eigenvalue weighted by atomic mass is 10.0. The highest BCUT2D eigenvalue weighted by Gasteiger charge is 2.25. The number of likely N-dealkylation sites (tertiary alicyclic amines) is 1. The fraction of sp³-hybridized carbons (Fsp3) is 0.381. The van der Waals surface area contributed by atoms with Crippen molar-refractivity contribution in [1.29, 1.82) is 0 Å². The third-order valence-electron chi connectivity index (χ3n) is 5.09. The molecule has 0 radical (unpaired) electrons. The molecule has 1 aromatic heterocycles. The van der Waals surface area contributed by atoms with Crippen LogP contribution in [0.15, 0.2) is 36.5 Å². The smallest absolute Gasteiger partial charge is 0.270 e. The van der Waals surface area contributed by atoms with Gasteiger partial charge in [0.05, 0.1) is 0 Å². The summed E-state index contributed by atoms with van der Waals surface area (Å²) in [5.74, 6) is -3.75. The zero-order valence-electron chi connectivity index (χ0n) is 16.3. The zero-order valence-corrected chi connectivity index (χ0v) is 16.3. The van der Waals surface area contributed by atoms with Crippen LogP contribution >= 0.6 is 0 Å². The van der Waals surface area contributed by atoms with Gasteiger partial charge in [-0.2, -0.15) is 0 Å². The predicted octanol–water partition coefficient (Wildman–Crippen LogP) is 2.18. The van der Waals surface area contributed by atoms with E-state index in [1.165, 1.54) is 0 Å². The molecule has 30 heavy (non-hydrogen) atoms. The van der Waals surface area contributed by atoms with E-state index in [1.807, 2.05) is 0 Å². The van der Waals surface area contributed by atoms with Crippen molar-refractivity contribution in [2.24, 2.45) is 5.73 Å². The number of nitrogens with two attached hydrogens (primary N) is 1. The summed E-state index contributed by atoms with van der Waals surface area (Å²) in [6, 6.07) is 5.55. The van der Waals surface area contributed by atoms with E-state index in [-0.39, 0.29) is 36.3 Å². The van der Waals surface area contributed by atoms with Crippen LogP contribution in [0.5, 0.6) is 0 Å². The van der Waals surface area contributed by atoms with Gasteiger partial charge in [-0.25, -0.2) is 13.2 Å². The Morgan fingerprint density at radius 1 is 1.13 bits per heavy atom. The van der Waals surface area contributed by atoms with E-state index in [0.717, 1.165) is 6.07 Å². The first-order valence-electron chi connectivity index (χ1n) is 9.72. The Kier molecular flexibility index (Phi) is 7.04. The number of nitrogens with zero attached hydrogens (tertiary/aromatic N) is 2. The number of rotatable bonds is 6. The lowest BCUT2D eigenvalue weighted by Gasteiger charge is -2.33. The number of nitrogens with one attached hydrogen (secondary N) is 1. The maximum atomic E-state index is 13.8. The van der Waals surface area contributed by atoms with Gasteiger partial charge in [-0.05, 0) is 43.0 Å². The molecular formula is C21H23F3N4O2. The molecule has 2 aromatic rings. The minimum atomic E-state index is -1.26. The Morgan fingerprint density at radius 2 is 1.83 bits per heavy atom. The highest BCUT2D eigenvalue weighted by Crippen LogP contribution is 2.17. The van der Waals surface area contributed by atoms with Gasteiger partial charge in [0.2, 0.25) is 5.91 Å². The summed E-state index contributed by atoms with van der Waals surface area (Å²) in [6.07, 6.45) is 2.62. The summed E-state index contributed by atoms with van der Waals surface area (Å²) in [6.45, 7) is 0.913. The first-order chi connectivity index (χ1) is 14.3. The van der Waals surface area contributed by atoms with Crippen LogP contribution in [0.25, 0.3) is 0 Å². The third kappa shape index (κ3) is 5.56. The Balaban J connectivity index is 1.46. The van der Waals surface area contributed by atoms with Crippen LogP contribution in [-0.4, -0.2) is 46.9 Å². The van der Waals surface area contributed by atoms with Crippen LogP contribution in [0.3, 0.4) is 0 Å². The molecule has 1 aliphatic rings. The highest BCUT2D eigenvalue weighted by atomic mass is 19.2. The molecule has 1 aliphatic heterocycles. The highest BCUT2D eigenvalue weighted by molar-refractivity contribution is 5.92. The molecule has 1 saturated heterocycles. The molecule has 2 heterocycles. The van der Waals surface area contributed by atoms with Crippen LogP contribution in [-0.2, 0) is 11.2 Å². The van der Waals surface area contributed by atoms with Crippen molar-refractivity contribution in [3.8, 4) is 0 Å². The number of pyridine rings is 1. The average molecular weight is 420 g/mol. The normalized spacial score (nSPS) is 15.7. The standard InChI is InChI=1S/C21H23F3N4O2/c22-16-12-18(24)17(23)10-13(16)9-14(25)11-20(29)28-7-4-15(5-8-28)27-21(30)19-3-1-2-6-26-19/h1-3,6,10,12,14-15H,4-5,7-9,11,25H2,(H,27,30)/t14-/m1/s1. The van der Waals surface area contributed by atoms with E-state index in [0.29, 0.717) is 37.7 Å². The lowest BCUT2D eigenvalue weighted by Crippen LogP contribution is -2.47. The fourth-order valence-electron chi connectivity index (χ4n) is 3.46. The fourth-order valence-corrected chi connectivity index (χ4v) is 3.46. The maximum absolute atomic E-state index is 13.8. The Morgan fingerprint density at radius 3 is 2.50 bits per heavy atom. The summed E-state index contributed by atoms with van der Waals surface area (Å²) in [4.78, 5) is 30.3. The van der Waals surface area contributed by atoms with Gasteiger partial charge in [-0.1, -0.05) is 6.07 Å². The third-order valence-corrected chi connectivity index (χ3v) is 5.09. The SMILES string of the molecule is N[C@@H](CC(=O)N1CCC(NC(=O)c2ccccn2)CC1)Cc1cc(F)c(F)cc1F. The number of halogens is 3. The van der Waals surface area contributed by atoms with Crippen molar-refractivity contribution in [3.63, 3.8) is 0 Å². The summed E-state index contributed by atoms with van der Waals surface area (Å²) in [5, 5.41) is 2.91. The molecule has 0 aliphatic carbocycles. The Bertz CT molecular complexity index is 903. The molecule has 1 atom stereocenters. The summed E-state index contributed by atoms with van der Waals surface area (Å²) >= 11 is 0. The van der Waals surface area contributed by atoms with Gasteiger partial charge < -0.3 is 16.0 Å². The van der Waals surface area contributed by atoms with Crippen LogP contribution in [0, 0.1) is 17.5 Å². The number of piperidine rings is 1. The van der Waals surface area contributed by atoms with E-state index in [1.54, 1.807) is 29.3 Å². The molecule has 2 amide bonds. The first-order valence-corrected chi connectivity index (χ1v) is 9.72. The number of hydrogen-bond donors (Lipinski definition) is 2. The topological polar surface area (TPSA) is 88.3 Å². The molecule has 160 valence electrons. The van der Waals surface area contributed by atoms with E-state index in [9.17, 15) is 22.8 Å². The molecule has 0 unspecified atom stereocenters. The van der Waals surface area contributed by atoms with E-state index >= 15 is 0 Å². The van der Waals surface area contributed by atoms with Gasteiger partial charge in [0.15, 0.2) is 11.6 Å². The molecule has 1 fully saturated rings. The van der Waals surface area contributed by atoms with Gasteiger partial charge in [-0.15, -0.1) is 0 Å². The number of amides is 2. The summed E-state index contributed by atoms with van der Waals surface area (Å²) in [7, 11) is 0. The number of benzene rings is 1. The van der Waals surface area contributed by atoms with Crippen molar-refractivity contribution in [1.82, 2.24) is 15.2 Å². The Hall–Kier alpha value is -2.94. The molecule has 3 rings (SSSR count). The van der Waals surface area contributed by atoms with Crippen LogP contribution in [0.1, 0.15) is 35.3 Å². The largest absolute Gasteiger partial charge is 0.348 e. The first kappa shape index (κ1) is 21.8. The van der Waals surface area contributed by atoms with Crippen molar-refractivity contribution >= 4 is 11.8 Å². The minimum Gasteiger partial charge on any atom is -0.348 e. The molecule has 9 heteroatoms. The van der Waals surface area contributed by atoms with Crippen LogP contribution in [0.2, 0.25) is 0 Å². The molecule has 0 spiro atoms. The second-order valence-electron chi connectivity index (χ2n) is 7.37. The number of carbonyl (C=O) groups excluding carboxylic acids is 2. The predicted molar refractivity (Wildman–Crippen MR) is 104 cm³/mol. The van der Waals surface area contributed by atoms with Crippen molar-refractivity contribution in [2.45, 2.75) is 37.8 Å². The molecule has 1 aromatic carbocycles. The summed E-state index contributed by atoms with van der Waals surface area (Å²) < 4.78 is 40.1. The van der Waals surface area contributed by atoms with Crippen molar-refractivity contribution in [3.05, 3.63) is 65.2 Å². The van der Waals surface area contributed by atoms with Crippen LogP contribution in [0.4, 0.5) is 13.2 Å². The maximum Gasteiger partial charge on any atom is 0.270 e. The molecule has 3 N–H and O–H groups in total. The molecular weight excluding hydrogens is 397 g/mol. The van der Waals surface area contributed by atoms with Crippen molar-refractivity contribution < 1.29 is 22.8 Å². The quantitative estimate of drug-likeness (QED) is 0.702.